The molecule has 0 N–H and O–H groups in total. The van der Waals surface area contributed by atoms with Crippen LogP contribution in [0.15, 0.2) is 36.4 Å². The van der Waals surface area contributed by atoms with E-state index in [0.29, 0.717) is 0 Å². The van der Waals surface area contributed by atoms with Crippen LogP contribution in [0.4, 0.5) is 0 Å². The molecule has 0 heterocycles. The fourth-order valence-electron chi connectivity index (χ4n) is 4.84. The van der Waals surface area contributed by atoms with Crippen LogP contribution < -0.4 is 0 Å². The number of benzene rings is 1. The summed E-state index contributed by atoms with van der Waals surface area (Å²) in [5, 5.41) is 0. The first-order valence-corrected chi connectivity index (χ1v) is 9.97. The van der Waals surface area contributed by atoms with Gasteiger partial charge in [0.15, 0.2) is 0 Å². The summed E-state index contributed by atoms with van der Waals surface area (Å²) in [6.45, 7) is 4.58. The maximum Gasteiger partial charge on any atom is -0.0131 e. The number of aryl methyl sites for hydroxylation is 1. The lowest BCUT2D eigenvalue weighted by Crippen LogP contribution is -2.23. The second kappa shape index (κ2) is 8.18. The summed E-state index contributed by atoms with van der Waals surface area (Å²) in [4.78, 5) is 0. The van der Waals surface area contributed by atoms with E-state index < -0.39 is 0 Å². The Morgan fingerprint density at radius 2 is 1.65 bits per heavy atom. The second-order valence-electron chi connectivity index (χ2n) is 8.09. The van der Waals surface area contributed by atoms with E-state index in [1.165, 1.54) is 63.4 Å². The van der Waals surface area contributed by atoms with Gasteiger partial charge in [0.05, 0.1) is 0 Å². The minimum Gasteiger partial charge on any atom is -0.0885 e. The third-order valence-electron chi connectivity index (χ3n) is 6.51. The van der Waals surface area contributed by atoms with Gasteiger partial charge in [-0.1, -0.05) is 68.2 Å². The Morgan fingerprint density at radius 3 is 2.26 bits per heavy atom. The summed E-state index contributed by atoms with van der Waals surface area (Å²) < 4.78 is 0. The molecule has 0 bridgehead atoms. The van der Waals surface area contributed by atoms with Gasteiger partial charge in [-0.15, -0.1) is 0 Å². The normalized spacial score (nSPS) is 29.4. The zero-order chi connectivity index (χ0) is 16.1. The molecule has 126 valence electrons. The van der Waals surface area contributed by atoms with E-state index in [4.69, 9.17) is 0 Å². The van der Waals surface area contributed by atoms with E-state index >= 15 is 0 Å². The molecule has 1 aromatic carbocycles. The Labute approximate surface area is 143 Å². The van der Waals surface area contributed by atoms with Crippen LogP contribution >= 0.6 is 0 Å². The van der Waals surface area contributed by atoms with Gasteiger partial charge in [0.1, 0.15) is 0 Å². The van der Waals surface area contributed by atoms with Gasteiger partial charge in [0.2, 0.25) is 0 Å². The molecule has 0 radical (unpaired) electrons. The first kappa shape index (κ1) is 16.8. The topological polar surface area (TPSA) is 0 Å². The van der Waals surface area contributed by atoms with Crippen molar-refractivity contribution in [3.05, 3.63) is 47.5 Å². The highest BCUT2D eigenvalue weighted by Crippen LogP contribution is 2.43. The smallest absolute Gasteiger partial charge is 0.0131 e. The Kier molecular flexibility index (Phi) is 5.97. The molecule has 0 spiro atoms. The number of allylic oxidation sites excluding steroid dienone is 2. The highest BCUT2D eigenvalue weighted by atomic mass is 14.3. The van der Waals surface area contributed by atoms with Gasteiger partial charge in [-0.3, -0.25) is 0 Å². The Bertz CT molecular complexity index is 487. The Hall–Kier alpha value is -1.04. The molecule has 1 fully saturated rings. The van der Waals surface area contributed by atoms with E-state index in [1.807, 2.05) is 0 Å². The molecule has 0 heteroatoms. The van der Waals surface area contributed by atoms with Crippen molar-refractivity contribution in [1.82, 2.24) is 0 Å². The lowest BCUT2D eigenvalue weighted by Gasteiger charge is -2.36. The van der Waals surface area contributed by atoms with Crippen molar-refractivity contribution in [1.29, 1.82) is 0 Å². The first-order chi connectivity index (χ1) is 11.3. The molecule has 0 amide bonds. The molecular weight excluding hydrogens is 276 g/mol. The molecule has 1 saturated carbocycles. The number of hydrogen-bond acceptors (Lipinski definition) is 0. The van der Waals surface area contributed by atoms with Crippen molar-refractivity contribution in [2.45, 2.75) is 77.6 Å². The third-order valence-corrected chi connectivity index (χ3v) is 6.51. The zero-order valence-electron chi connectivity index (χ0n) is 15.1. The molecule has 3 rings (SSSR count). The lowest BCUT2D eigenvalue weighted by molar-refractivity contribution is 0.215. The molecule has 2 unspecified atom stereocenters. The van der Waals surface area contributed by atoms with Crippen molar-refractivity contribution < 1.29 is 0 Å². The molecule has 2 aliphatic rings. The van der Waals surface area contributed by atoms with Crippen molar-refractivity contribution in [2.75, 3.05) is 0 Å². The summed E-state index contributed by atoms with van der Waals surface area (Å²) in [5.41, 5.74) is 3.01. The van der Waals surface area contributed by atoms with Crippen molar-refractivity contribution in [3.8, 4) is 0 Å². The van der Waals surface area contributed by atoms with Gasteiger partial charge < -0.3 is 0 Å². The Balaban J connectivity index is 1.72. The molecule has 2 aliphatic carbocycles. The van der Waals surface area contributed by atoms with Crippen LogP contribution in [0, 0.1) is 24.7 Å². The molecule has 23 heavy (non-hydrogen) atoms. The second-order valence-corrected chi connectivity index (χ2v) is 8.09. The quantitative estimate of drug-likeness (QED) is 0.511. The maximum atomic E-state index is 2.42. The van der Waals surface area contributed by atoms with Gasteiger partial charge in [-0.2, -0.15) is 0 Å². The fourth-order valence-corrected chi connectivity index (χ4v) is 4.84. The van der Waals surface area contributed by atoms with E-state index in [0.717, 1.165) is 23.7 Å². The summed E-state index contributed by atoms with van der Waals surface area (Å²) in [6.07, 6.45) is 17.5. The summed E-state index contributed by atoms with van der Waals surface area (Å²) in [7, 11) is 0. The van der Waals surface area contributed by atoms with Gasteiger partial charge in [-0.25, -0.2) is 0 Å². The average Bonchev–Trinajstić information content (AvgIpc) is 2.62. The third kappa shape index (κ3) is 4.49. The highest BCUT2D eigenvalue weighted by molar-refractivity contribution is 5.25. The zero-order valence-corrected chi connectivity index (χ0v) is 15.1. The molecule has 0 aromatic heterocycles. The summed E-state index contributed by atoms with van der Waals surface area (Å²) in [6, 6.07) is 9.48. The van der Waals surface area contributed by atoms with Crippen LogP contribution in [0.5, 0.6) is 0 Å². The van der Waals surface area contributed by atoms with Gasteiger partial charge >= 0.3 is 0 Å². The van der Waals surface area contributed by atoms with E-state index in [9.17, 15) is 0 Å². The molecule has 2 atom stereocenters. The SMILES string of the molecule is CCC1CCC(C(CC2CC=CCC2)c2ccc(C)cc2)CC1. The van der Waals surface area contributed by atoms with Crippen LogP contribution in [-0.2, 0) is 0 Å². The maximum absolute atomic E-state index is 2.42. The molecule has 1 aromatic rings. The van der Waals surface area contributed by atoms with Gasteiger partial charge in [0.25, 0.3) is 0 Å². The van der Waals surface area contributed by atoms with Crippen LogP contribution in [0.2, 0.25) is 0 Å². The Morgan fingerprint density at radius 1 is 0.913 bits per heavy atom. The number of hydrogen-bond donors (Lipinski definition) is 0. The molecule has 0 saturated heterocycles. The minimum absolute atomic E-state index is 0.796. The fraction of sp³-hybridized carbons (Fsp3) is 0.652. The monoisotopic (exact) mass is 310 g/mol. The molecule has 0 aliphatic heterocycles. The van der Waals surface area contributed by atoms with Crippen LogP contribution in [-0.4, -0.2) is 0 Å². The standard InChI is InChI=1S/C23H34/c1-3-19-11-15-22(16-12-19)23(17-20-7-5-4-6-8-20)21-13-9-18(2)10-14-21/h4-5,9-10,13-14,19-20,22-23H,3,6-8,11-12,15-17H2,1-2H3. The van der Waals surface area contributed by atoms with Gasteiger partial charge in [-0.05, 0) is 74.7 Å². The van der Waals surface area contributed by atoms with Crippen LogP contribution in [0.3, 0.4) is 0 Å². The van der Waals surface area contributed by atoms with Crippen molar-refractivity contribution in [2.24, 2.45) is 17.8 Å². The van der Waals surface area contributed by atoms with Crippen molar-refractivity contribution >= 4 is 0 Å². The van der Waals surface area contributed by atoms with Gasteiger partial charge in [0, 0.05) is 0 Å². The summed E-state index contributed by atoms with van der Waals surface area (Å²) >= 11 is 0. The van der Waals surface area contributed by atoms with Crippen LogP contribution in [0.25, 0.3) is 0 Å². The average molecular weight is 311 g/mol. The van der Waals surface area contributed by atoms with Crippen molar-refractivity contribution in [3.63, 3.8) is 0 Å². The van der Waals surface area contributed by atoms with E-state index in [2.05, 4.69) is 50.3 Å². The number of rotatable bonds is 5. The first-order valence-electron chi connectivity index (χ1n) is 9.97. The van der Waals surface area contributed by atoms with E-state index in [-0.39, 0.29) is 0 Å². The molecule has 0 nitrogen and oxygen atoms in total. The lowest BCUT2D eigenvalue weighted by atomic mass is 9.69. The minimum atomic E-state index is 0.796. The predicted octanol–water partition coefficient (Wildman–Crippen LogP) is 7.04. The largest absolute Gasteiger partial charge is 0.0885 e. The van der Waals surface area contributed by atoms with E-state index in [1.54, 1.807) is 5.56 Å². The summed E-state index contributed by atoms with van der Waals surface area (Å²) in [5.74, 6) is 3.63. The highest BCUT2D eigenvalue weighted by Gasteiger charge is 2.30. The predicted molar refractivity (Wildman–Crippen MR) is 101 cm³/mol. The van der Waals surface area contributed by atoms with Crippen LogP contribution in [0.1, 0.15) is 81.8 Å². The molecular formula is C23H34.